The number of hydrogen-bond acceptors (Lipinski definition) is 3. The molecule has 0 spiro atoms. The van der Waals surface area contributed by atoms with E-state index in [1.54, 1.807) is 18.3 Å². The van der Waals surface area contributed by atoms with Crippen molar-refractivity contribution >= 4 is 11.7 Å². The fourth-order valence-corrected chi connectivity index (χ4v) is 2.27. The summed E-state index contributed by atoms with van der Waals surface area (Å²) in [4.78, 5) is 15.4. The zero-order chi connectivity index (χ0) is 11.6. The van der Waals surface area contributed by atoms with Gasteiger partial charge in [-0.2, -0.15) is 0 Å². The molecule has 1 aliphatic rings. The standard InChI is InChI=1S/C12H17N3O/c1-12(6-2-3-7-12)15-11-9(10(13)16)5-4-8-14-11/h4-5,8H,2-3,6-7H2,1H3,(H2,13,16)(H,14,15). The molecule has 1 aromatic rings. The Kier molecular flexibility index (Phi) is 2.81. The van der Waals surface area contributed by atoms with E-state index in [0.29, 0.717) is 11.4 Å². The van der Waals surface area contributed by atoms with Crippen molar-refractivity contribution in [2.24, 2.45) is 5.73 Å². The maximum absolute atomic E-state index is 11.2. The van der Waals surface area contributed by atoms with Crippen LogP contribution in [0.2, 0.25) is 0 Å². The molecule has 0 aromatic carbocycles. The quantitative estimate of drug-likeness (QED) is 0.816. The fraction of sp³-hybridized carbons (Fsp3) is 0.500. The van der Waals surface area contributed by atoms with Crippen LogP contribution < -0.4 is 11.1 Å². The molecule has 0 unspecified atom stereocenters. The Balaban J connectivity index is 2.23. The normalized spacial score (nSPS) is 18.3. The fourth-order valence-electron chi connectivity index (χ4n) is 2.27. The lowest BCUT2D eigenvalue weighted by molar-refractivity contribution is 0.100. The van der Waals surface area contributed by atoms with Crippen molar-refractivity contribution < 1.29 is 4.79 Å². The van der Waals surface area contributed by atoms with Gasteiger partial charge in [0.05, 0.1) is 5.56 Å². The van der Waals surface area contributed by atoms with Crippen LogP contribution in [0, 0.1) is 0 Å². The lowest BCUT2D eigenvalue weighted by Crippen LogP contribution is -2.32. The van der Waals surface area contributed by atoms with Crippen LogP contribution in [0.25, 0.3) is 0 Å². The number of carbonyl (C=O) groups excluding carboxylic acids is 1. The topological polar surface area (TPSA) is 68.0 Å². The molecule has 0 radical (unpaired) electrons. The van der Waals surface area contributed by atoms with E-state index >= 15 is 0 Å². The average molecular weight is 219 g/mol. The molecule has 0 atom stereocenters. The van der Waals surface area contributed by atoms with E-state index in [4.69, 9.17) is 5.73 Å². The van der Waals surface area contributed by atoms with Gasteiger partial charge in [-0.15, -0.1) is 0 Å². The molecule has 16 heavy (non-hydrogen) atoms. The van der Waals surface area contributed by atoms with Crippen LogP contribution >= 0.6 is 0 Å². The third-order valence-electron chi connectivity index (χ3n) is 3.20. The van der Waals surface area contributed by atoms with E-state index < -0.39 is 5.91 Å². The van der Waals surface area contributed by atoms with Gasteiger partial charge in [-0.25, -0.2) is 4.98 Å². The number of nitrogens with one attached hydrogen (secondary N) is 1. The van der Waals surface area contributed by atoms with Crippen molar-refractivity contribution in [2.45, 2.75) is 38.1 Å². The molecule has 0 bridgehead atoms. The smallest absolute Gasteiger partial charge is 0.252 e. The second kappa shape index (κ2) is 4.12. The Morgan fingerprint density at radius 1 is 1.50 bits per heavy atom. The van der Waals surface area contributed by atoms with Gasteiger partial charge in [0.2, 0.25) is 0 Å². The number of anilines is 1. The molecular formula is C12H17N3O. The largest absolute Gasteiger partial charge is 0.365 e. The summed E-state index contributed by atoms with van der Waals surface area (Å²) in [5.74, 6) is 0.177. The second-order valence-electron chi connectivity index (χ2n) is 4.66. The Hall–Kier alpha value is -1.58. The molecule has 0 aliphatic heterocycles. The van der Waals surface area contributed by atoms with Crippen LogP contribution in [0.3, 0.4) is 0 Å². The first-order valence-electron chi connectivity index (χ1n) is 5.64. The van der Waals surface area contributed by atoms with Crippen molar-refractivity contribution in [1.29, 1.82) is 0 Å². The molecule has 1 fully saturated rings. The van der Waals surface area contributed by atoms with E-state index in [2.05, 4.69) is 17.2 Å². The van der Waals surface area contributed by atoms with Gasteiger partial charge in [0.15, 0.2) is 0 Å². The van der Waals surface area contributed by atoms with Gasteiger partial charge in [0, 0.05) is 11.7 Å². The van der Waals surface area contributed by atoms with E-state index in [-0.39, 0.29) is 5.54 Å². The molecule has 4 nitrogen and oxygen atoms in total. The minimum Gasteiger partial charge on any atom is -0.365 e. The maximum Gasteiger partial charge on any atom is 0.252 e. The van der Waals surface area contributed by atoms with Gasteiger partial charge in [-0.05, 0) is 31.9 Å². The summed E-state index contributed by atoms with van der Waals surface area (Å²) in [6.07, 6.45) is 6.35. The lowest BCUT2D eigenvalue weighted by atomic mass is 10.0. The molecule has 1 aromatic heterocycles. The SMILES string of the molecule is CC1(Nc2ncccc2C(N)=O)CCCC1. The van der Waals surface area contributed by atoms with Gasteiger partial charge in [0.1, 0.15) is 5.82 Å². The van der Waals surface area contributed by atoms with Gasteiger partial charge >= 0.3 is 0 Å². The Morgan fingerprint density at radius 3 is 2.81 bits per heavy atom. The minimum absolute atomic E-state index is 0.0541. The van der Waals surface area contributed by atoms with E-state index in [1.807, 2.05) is 0 Å². The van der Waals surface area contributed by atoms with Crippen molar-refractivity contribution in [3.05, 3.63) is 23.9 Å². The third-order valence-corrected chi connectivity index (χ3v) is 3.20. The number of hydrogen-bond donors (Lipinski definition) is 2. The number of rotatable bonds is 3. The summed E-state index contributed by atoms with van der Waals surface area (Å²) in [5, 5.41) is 3.36. The summed E-state index contributed by atoms with van der Waals surface area (Å²) in [6, 6.07) is 3.43. The van der Waals surface area contributed by atoms with Crippen molar-refractivity contribution in [3.63, 3.8) is 0 Å². The highest BCUT2D eigenvalue weighted by Gasteiger charge is 2.29. The molecule has 1 aliphatic carbocycles. The van der Waals surface area contributed by atoms with Crippen molar-refractivity contribution in [1.82, 2.24) is 4.98 Å². The predicted molar refractivity (Wildman–Crippen MR) is 63.3 cm³/mol. The van der Waals surface area contributed by atoms with Gasteiger partial charge < -0.3 is 11.1 Å². The molecule has 86 valence electrons. The molecule has 1 saturated carbocycles. The second-order valence-corrected chi connectivity index (χ2v) is 4.66. The van der Waals surface area contributed by atoms with Gasteiger partial charge in [-0.1, -0.05) is 12.8 Å². The number of carbonyl (C=O) groups is 1. The summed E-state index contributed by atoms with van der Waals surface area (Å²) in [5.41, 5.74) is 5.84. The van der Waals surface area contributed by atoms with Crippen molar-refractivity contribution in [2.75, 3.05) is 5.32 Å². The number of aromatic nitrogens is 1. The number of nitrogens with two attached hydrogens (primary N) is 1. The first-order chi connectivity index (χ1) is 7.61. The van der Waals surface area contributed by atoms with Crippen LogP contribution in [0.1, 0.15) is 43.0 Å². The molecule has 1 heterocycles. The molecule has 3 N–H and O–H groups in total. The summed E-state index contributed by atoms with van der Waals surface area (Å²) >= 11 is 0. The van der Waals surface area contributed by atoms with Crippen LogP contribution in [-0.4, -0.2) is 16.4 Å². The molecule has 0 saturated heterocycles. The van der Waals surface area contributed by atoms with E-state index in [9.17, 15) is 4.79 Å². The number of pyridine rings is 1. The molecule has 2 rings (SSSR count). The number of primary amides is 1. The number of nitrogens with zero attached hydrogens (tertiary/aromatic N) is 1. The Morgan fingerprint density at radius 2 is 2.19 bits per heavy atom. The zero-order valence-electron chi connectivity index (χ0n) is 9.49. The number of amides is 1. The molecular weight excluding hydrogens is 202 g/mol. The maximum atomic E-state index is 11.2. The van der Waals surface area contributed by atoms with E-state index in [1.165, 1.54) is 12.8 Å². The van der Waals surface area contributed by atoms with Crippen molar-refractivity contribution in [3.8, 4) is 0 Å². The summed E-state index contributed by atoms with van der Waals surface area (Å²) < 4.78 is 0. The van der Waals surface area contributed by atoms with Crippen LogP contribution in [0.15, 0.2) is 18.3 Å². The van der Waals surface area contributed by atoms with E-state index in [0.717, 1.165) is 12.8 Å². The average Bonchev–Trinajstić information content (AvgIpc) is 2.65. The molecule has 1 amide bonds. The predicted octanol–water partition coefficient (Wildman–Crippen LogP) is 1.93. The highest BCUT2D eigenvalue weighted by molar-refractivity contribution is 5.97. The first-order valence-corrected chi connectivity index (χ1v) is 5.64. The highest BCUT2D eigenvalue weighted by atomic mass is 16.1. The van der Waals surface area contributed by atoms with Crippen LogP contribution in [0.5, 0.6) is 0 Å². The summed E-state index contributed by atoms with van der Waals surface area (Å²) in [6.45, 7) is 2.17. The van der Waals surface area contributed by atoms with Gasteiger partial charge in [-0.3, -0.25) is 4.79 Å². The van der Waals surface area contributed by atoms with Gasteiger partial charge in [0.25, 0.3) is 5.91 Å². The van der Waals surface area contributed by atoms with Crippen LogP contribution in [-0.2, 0) is 0 Å². The van der Waals surface area contributed by atoms with Crippen LogP contribution in [0.4, 0.5) is 5.82 Å². The zero-order valence-corrected chi connectivity index (χ0v) is 9.49. The third kappa shape index (κ3) is 2.15. The summed E-state index contributed by atoms with van der Waals surface area (Å²) in [7, 11) is 0. The molecule has 4 heteroatoms. The monoisotopic (exact) mass is 219 g/mol. The highest BCUT2D eigenvalue weighted by Crippen LogP contribution is 2.32. The lowest BCUT2D eigenvalue weighted by Gasteiger charge is -2.26. The Bertz CT molecular complexity index is 397. The minimum atomic E-state index is -0.433. The first kappa shape index (κ1) is 10.9. The Labute approximate surface area is 95.3 Å².